The first kappa shape index (κ1) is 18.1. The summed E-state index contributed by atoms with van der Waals surface area (Å²) in [4.78, 5) is 11.8. The number of methoxy groups -OCH3 is 3. The molecule has 2 aromatic carbocycles. The van der Waals surface area contributed by atoms with Crippen LogP contribution in [0.4, 0.5) is 5.69 Å². The smallest absolute Gasteiger partial charge is 0.259 e. The van der Waals surface area contributed by atoms with Gasteiger partial charge in [0.05, 0.1) is 34.1 Å². The van der Waals surface area contributed by atoms with E-state index in [-0.39, 0.29) is 12.5 Å². The van der Waals surface area contributed by atoms with Gasteiger partial charge in [0.1, 0.15) is 0 Å². The summed E-state index contributed by atoms with van der Waals surface area (Å²) in [6, 6.07) is 12.9. The van der Waals surface area contributed by atoms with Crippen molar-refractivity contribution < 1.29 is 19.0 Å². The van der Waals surface area contributed by atoms with Crippen molar-refractivity contribution in [1.82, 2.24) is 5.43 Å². The van der Waals surface area contributed by atoms with E-state index in [4.69, 9.17) is 14.2 Å². The average molecular weight is 343 g/mol. The van der Waals surface area contributed by atoms with E-state index in [9.17, 15) is 4.79 Å². The molecule has 0 saturated carbocycles. The zero-order valence-corrected chi connectivity index (χ0v) is 14.4. The van der Waals surface area contributed by atoms with Crippen LogP contribution in [-0.2, 0) is 4.79 Å². The highest BCUT2D eigenvalue weighted by atomic mass is 16.5. The predicted molar refractivity (Wildman–Crippen MR) is 96.8 cm³/mol. The second-order valence-electron chi connectivity index (χ2n) is 4.97. The fourth-order valence-electron chi connectivity index (χ4n) is 2.13. The molecule has 0 radical (unpaired) electrons. The van der Waals surface area contributed by atoms with E-state index in [1.54, 1.807) is 12.1 Å². The molecule has 0 aliphatic rings. The van der Waals surface area contributed by atoms with Gasteiger partial charge in [0, 0.05) is 11.3 Å². The van der Waals surface area contributed by atoms with Crippen LogP contribution in [0.25, 0.3) is 0 Å². The molecule has 1 amide bonds. The zero-order chi connectivity index (χ0) is 18.1. The third kappa shape index (κ3) is 5.13. The summed E-state index contributed by atoms with van der Waals surface area (Å²) >= 11 is 0. The van der Waals surface area contributed by atoms with Crippen molar-refractivity contribution >= 4 is 17.8 Å². The van der Waals surface area contributed by atoms with E-state index in [1.807, 2.05) is 30.3 Å². The Hall–Kier alpha value is -3.22. The highest BCUT2D eigenvalue weighted by Gasteiger charge is 2.12. The Morgan fingerprint density at radius 2 is 1.68 bits per heavy atom. The molecule has 0 aliphatic carbocycles. The molecule has 0 saturated heterocycles. The molecule has 25 heavy (non-hydrogen) atoms. The summed E-state index contributed by atoms with van der Waals surface area (Å²) < 4.78 is 15.8. The summed E-state index contributed by atoms with van der Waals surface area (Å²) in [6.07, 6.45) is 1.50. The van der Waals surface area contributed by atoms with Crippen molar-refractivity contribution in [2.24, 2.45) is 5.10 Å². The monoisotopic (exact) mass is 343 g/mol. The van der Waals surface area contributed by atoms with Crippen molar-refractivity contribution in [3.8, 4) is 17.2 Å². The van der Waals surface area contributed by atoms with Crippen LogP contribution in [0.2, 0.25) is 0 Å². The molecule has 0 aliphatic heterocycles. The molecule has 2 rings (SSSR count). The quantitative estimate of drug-likeness (QED) is 0.568. The Balaban J connectivity index is 1.96. The summed E-state index contributed by atoms with van der Waals surface area (Å²) in [7, 11) is 4.61. The van der Waals surface area contributed by atoms with Crippen molar-refractivity contribution in [1.29, 1.82) is 0 Å². The van der Waals surface area contributed by atoms with Gasteiger partial charge in [0.15, 0.2) is 11.5 Å². The molecule has 0 fully saturated rings. The minimum atomic E-state index is -0.257. The fourth-order valence-corrected chi connectivity index (χ4v) is 2.13. The lowest BCUT2D eigenvalue weighted by atomic mass is 10.2. The summed E-state index contributed by atoms with van der Waals surface area (Å²) in [5.41, 5.74) is 4.03. The molecule has 132 valence electrons. The van der Waals surface area contributed by atoms with Gasteiger partial charge in [0.25, 0.3) is 5.91 Å². The van der Waals surface area contributed by atoms with E-state index in [2.05, 4.69) is 15.8 Å². The second-order valence-corrected chi connectivity index (χ2v) is 4.97. The highest BCUT2D eigenvalue weighted by Crippen LogP contribution is 2.37. The summed E-state index contributed by atoms with van der Waals surface area (Å²) in [5.74, 6) is 1.27. The first-order chi connectivity index (χ1) is 12.2. The first-order valence-electron chi connectivity index (χ1n) is 7.58. The van der Waals surface area contributed by atoms with Crippen LogP contribution >= 0.6 is 0 Å². The van der Waals surface area contributed by atoms with Gasteiger partial charge in [-0.2, -0.15) is 5.10 Å². The number of hydrazone groups is 1. The van der Waals surface area contributed by atoms with Crippen LogP contribution in [0.5, 0.6) is 17.2 Å². The Morgan fingerprint density at radius 3 is 2.24 bits per heavy atom. The fraction of sp³-hybridized carbons (Fsp3) is 0.222. The predicted octanol–water partition coefficient (Wildman–Crippen LogP) is 2.27. The van der Waals surface area contributed by atoms with Crippen molar-refractivity contribution in [2.45, 2.75) is 0 Å². The maximum Gasteiger partial charge on any atom is 0.259 e. The zero-order valence-electron chi connectivity index (χ0n) is 14.4. The van der Waals surface area contributed by atoms with Crippen molar-refractivity contribution in [2.75, 3.05) is 33.2 Å². The van der Waals surface area contributed by atoms with Gasteiger partial charge >= 0.3 is 0 Å². The Morgan fingerprint density at radius 1 is 1.04 bits per heavy atom. The van der Waals surface area contributed by atoms with Crippen LogP contribution in [0.3, 0.4) is 0 Å². The highest BCUT2D eigenvalue weighted by molar-refractivity contribution is 5.85. The molecule has 0 unspecified atom stereocenters. The van der Waals surface area contributed by atoms with Crippen molar-refractivity contribution in [3.63, 3.8) is 0 Å². The first-order valence-corrected chi connectivity index (χ1v) is 7.58. The number of benzene rings is 2. The lowest BCUT2D eigenvalue weighted by Gasteiger charge is -2.12. The summed E-state index contributed by atoms with van der Waals surface area (Å²) in [5, 5.41) is 6.95. The van der Waals surface area contributed by atoms with Crippen LogP contribution in [0, 0.1) is 0 Å². The third-order valence-electron chi connectivity index (χ3n) is 3.32. The van der Waals surface area contributed by atoms with Gasteiger partial charge in [-0.15, -0.1) is 0 Å². The van der Waals surface area contributed by atoms with Gasteiger partial charge in [0.2, 0.25) is 5.75 Å². The molecule has 0 heterocycles. The number of carbonyl (C=O) groups is 1. The number of para-hydroxylation sites is 1. The number of hydrogen-bond donors (Lipinski definition) is 2. The molecule has 0 aromatic heterocycles. The van der Waals surface area contributed by atoms with Gasteiger partial charge in [-0.05, 0) is 24.3 Å². The van der Waals surface area contributed by atoms with E-state index < -0.39 is 0 Å². The molecule has 2 aromatic rings. The van der Waals surface area contributed by atoms with E-state index >= 15 is 0 Å². The van der Waals surface area contributed by atoms with Gasteiger partial charge in [-0.25, -0.2) is 5.43 Å². The molecule has 0 atom stereocenters. The number of hydrogen-bond acceptors (Lipinski definition) is 6. The van der Waals surface area contributed by atoms with Crippen LogP contribution in [0.1, 0.15) is 5.56 Å². The van der Waals surface area contributed by atoms with Gasteiger partial charge in [-0.3, -0.25) is 4.79 Å². The minimum Gasteiger partial charge on any atom is -0.493 e. The number of carbonyl (C=O) groups excluding carboxylic acids is 1. The van der Waals surface area contributed by atoms with Gasteiger partial charge in [-0.1, -0.05) is 18.2 Å². The number of anilines is 1. The normalized spacial score (nSPS) is 10.4. The average Bonchev–Trinajstić information content (AvgIpc) is 2.66. The molecular weight excluding hydrogens is 322 g/mol. The van der Waals surface area contributed by atoms with Crippen LogP contribution in [-0.4, -0.2) is 40.0 Å². The van der Waals surface area contributed by atoms with Crippen molar-refractivity contribution in [3.05, 3.63) is 48.0 Å². The Labute approximate surface area is 146 Å². The second kappa shape index (κ2) is 9.17. The molecule has 0 bridgehead atoms. The Bertz CT molecular complexity index is 707. The third-order valence-corrected chi connectivity index (χ3v) is 3.32. The largest absolute Gasteiger partial charge is 0.493 e. The molecule has 2 N–H and O–H groups in total. The topological polar surface area (TPSA) is 81.2 Å². The number of nitrogens with zero attached hydrogens (tertiary/aromatic N) is 1. The minimum absolute atomic E-state index is 0.122. The maximum absolute atomic E-state index is 11.8. The van der Waals surface area contributed by atoms with Gasteiger partial charge < -0.3 is 19.5 Å². The lowest BCUT2D eigenvalue weighted by molar-refractivity contribution is -0.119. The molecule has 0 spiro atoms. The number of ether oxygens (including phenoxy) is 3. The SMILES string of the molecule is COc1cc(C=NNC(=O)CNc2ccccc2)cc(OC)c1OC. The lowest BCUT2D eigenvalue weighted by Crippen LogP contribution is -2.25. The van der Waals surface area contributed by atoms with Crippen LogP contribution in [0.15, 0.2) is 47.6 Å². The number of rotatable bonds is 8. The van der Waals surface area contributed by atoms with Crippen LogP contribution < -0.4 is 25.0 Å². The van der Waals surface area contributed by atoms with E-state index in [0.29, 0.717) is 22.8 Å². The molecule has 7 nitrogen and oxygen atoms in total. The molecule has 7 heteroatoms. The summed E-state index contributed by atoms with van der Waals surface area (Å²) in [6.45, 7) is 0.122. The Kier molecular flexibility index (Phi) is 6.65. The van der Waals surface area contributed by atoms with E-state index in [1.165, 1.54) is 27.5 Å². The maximum atomic E-state index is 11.8. The number of nitrogens with one attached hydrogen (secondary N) is 2. The van der Waals surface area contributed by atoms with E-state index in [0.717, 1.165) is 5.69 Å². The number of amides is 1. The standard InChI is InChI=1S/C18H21N3O4/c1-23-15-9-13(10-16(24-2)18(15)25-3)11-20-21-17(22)12-19-14-7-5-4-6-8-14/h4-11,19H,12H2,1-3H3,(H,21,22). The molecular formula is C18H21N3O4.